The maximum absolute atomic E-state index is 5.84. The number of hydrogen-bond acceptors (Lipinski definition) is 4. The molecule has 0 bridgehead atoms. The Morgan fingerprint density at radius 3 is 2.46 bits per heavy atom. The molecule has 4 aromatic rings. The molecule has 0 radical (unpaired) electrons. The number of rotatable bonds is 6. The molecule has 0 saturated carbocycles. The minimum absolute atomic E-state index is 0.288. The van der Waals surface area contributed by atoms with Crippen LogP contribution >= 0.6 is 0 Å². The number of pyridine rings is 1. The van der Waals surface area contributed by atoms with Crippen LogP contribution in [0.5, 0.6) is 23.0 Å². The third-order valence-electron chi connectivity index (χ3n) is 7.26. The van der Waals surface area contributed by atoms with Crippen molar-refractivity contribution in [3.8, 4) is 34.3 Å². The van der Waals surface area contributed by atoms with Crippen molar-refractivity contribution >= 4 is 10.8 Å². The predicted octanol–water partition coefficient (Wildman–Crippen LogP) is 5.58. The van der Waals surface area contributed by atoms with Crippen LogP contribution in [0.15, 0.2) is 54.7 Å². The lowest BCUT2D eigenvalue weighted by Crippen LogP contribution is -2.41. The van der Waals surface area contributed by atoms with E-state index in [0.717, 1.165) is 60.6 Å². The molecule has 0 unspecified atom stereocenters. The minimum Gasteiger partial charge on any atom is -0.493 e. The molecule has 0 fully saturated rings. The van der Waals surface area contributed by atoms with Crippen molar-refractivity contribution < 1.29 is 23.5 Å². The summed E-state index contributed by atoms with van der Waals surface area (Å²) in [7, 11) is 3.41. The molecular weight excluding hydrogens is 438 g/mol. The molecule has 2 aliphatic rings. The van der Waals surface area contributed by atoms with Crippen molar-refractivity contribution in [2.45, 2.75) is 39.2 Å². The lowest BCUT2D eigenvalue weighted by molar-refractivity contribution is -0.686. The van der Waals surface area contributed by atoms with E-state index in [1.807, 2.05) is 6.07 Å². The maximum Gasteiger partial charge on any atom is 0.231 e. The van der Waals surface area contributed by atoms with E-state index in [1.54, 1.807) is 14.2 Å². The fraction of sp³-hybridized carbons (Fsp3) is 0.300. The van der Waals surface area contributed by atoms with Crippen LogP contribution in [0, 0.1) is 6.92 Å². The highest BCUT2D eigenvalue weighted by Gasteiger charge is 2.32. The van der Waals surface area contributed by atoms with E-state index in [0.29, 0.717) is 0 Å². The van der Waals surface area contributed by atoms with Gasteiger partial charge in [0.25, 0.3) is 0 Å². The van der Waals surface area contributed by atoms with Crippen LogP contribution in [0.2, 0.25) is 0 Å². The third kappa shape index (κ3) is 3.75. The van der Waals surface area contributed by atoms with Gasteiger partial charge in [-0.1, -0.05) is 29.8 Å². The fourth-order valence-corrected chi connectivity index (χ4v) is 5.49. The van der Waals surface area contributed by atoms with Crippen LogP contribution in [0.3, 0.4) is 0 Å². The number of aromatic nitrogens is 1. The first-order chi connectivity index (χ1) is 17.2. The fourth-order valence-electron chi connectivity index (χ4n) is 5.49. The van der Waals surface area contributed by atoms with Crippen molar-refractivity contribution in [1.29, 1.82) is 0 Å². The van der Waals surface area contributed by atoms with E-state index >= 15 is 0 Å². The average molecular weight is 469 g/mol. The lowest BCUT2D eigenvalue weighted by atomic mass is 9.89. The summed E-state index contributed by atoms with van der Waals surface area (Å²) in [5.41, 5.74) is 7.84. The topological polar surface area (TPSA) is 40.8 Å². The van der Waals surface area contributed by atoms with Crippen LogP contribution < -0.4 is 23.5 Å². The second-order valence-corrected chi connectivity index (χ2v) is 9.36. The van der Waals surface area contributed by atoms with Crippen molar-refractivity contribution in [2.24, 2.45) is 0 Å². The molecule has 0 aliphatic carbocycles. The molecule has 3 aromatic carbocycles. The smallest absolute Gasteiger partial charge is 0.231 e. The molecule has 6 rings (SSSR count). The van der Waals surface area contributed by atoms with E-state index < -0.39 is 0 Å². The number of nitrogens with zero attached hydrogens (tertiary/aromatic N) is 1. The third-order valence-corrected chi connectivity index (χ3v) is 7.26. The number of hydrogen-bond donors (Lipinski definition) is 0. The highest BCUT2D eigenvalue weighted by Crippen LogP contribution is 2.43. The number of aryl methyl sites for hydroxylation is 5. The quantitative estimate of drug-likeness (QED) is 0.347. The van der Waals surface area contributed by atoms with Crippen LogP contribution in [0.25, 0.3) is 22.0 Å². The van der Waals surface area contributed by atoms with Crippen molar-refractivity contribution in [2.75, 3.05) is 21.0 Å². The molecule has 2 aliphatic heterocycles. The van der Waals surface area contributed by atoms with Crippen molar-refractivity contribution in [3.63, 3.8) is 0 Å². The summed E-state index contributed by atoms with van der Waals surface area (Å²) < 4.78 is 25.3. The van der Waals surface area contributed by atoms with Gasteiger partial charge in [-0.3, -0.25) is 0 Å². The van der Waals surface area contributed by atoms with E-state index in [-0.39, 0.29) is 6.79 Å². The molecule has 35 heavy (non-hydrogen) atoms. The van der Waals surface area contributed by atoms with Crippen LogP contribution in [-0.2, 0) is 25.8 Å². The van der Waals surface area contributed by atoms with Crippen LogP contribution in [-0.4, -0.2) is 21.0 Å². The molecule has 0 amide bonds. The molecule has 0 saturated heterocycles. The Bertz CT molecular complexity index is 1430. The Morgan fingerprint density at radius 1 is 0.886 bits per heavy atom. The Kier molecular flexibility index (Phi) is 5.48. The molecular formula is C30H30NO4+. The number of methoxy groups -OCH3 is 2. The van der Waals surface area contributed by atoms with Gasteiger partial charge in [0.15, 0.2) is 35.7 Å². The van der Waals surface area contributed by atoms with E-state index in [1.165, 1.54) is 38.9 Å². The van der Waals surface area contributed by atoms with E-state index in [2.05, 4.69) is 60.2 Å². The largest absolute Gasteiger partial charge is 0.493 e. The standard InChI is InChI=1S/C30H30NO4/c1-19-7-9-20(10-8-19)5-4-6-23-22-11-12-26(32-2)30(33-3)25(22)17-31-14-13-21-15-27-28(35-18-34-27)16-24(21)29(23)31/h7-12,15-17H,4-6,13-14,18H2,1-3H3/q+1. The normalized spacial score (nSPS) is 13.5. The predicted molar refractivity (Wildman–Crippen MR) is 136 cm³/mol. The number of ether oxygens (including phenoxy) is 4. The van der Waals surface area contributed by atoms with Gasteiger partial charge in [-0.05, 0) is 61.6 Å². The van der Waals surface area contributed by atoms with Gasteiger partial charge in [0.1, 0.15) is 0 Å². The Balaban J connectivity index is 1.50. The first-order valence-electron chi connectivity index (χ1n) is 12.2. The lowest BCUT2D eigenvalue weighted by Gasteiger charge is -2.21. The second-order valence-electron chi connectivity index (χ2n) is 9.36. The highest BCUT2D eigenvalue weighted by molar-refractivity contribution is 5.95. The summed E-state index contributed by atoms with van der Waals surface area (Å²) in [6.45, 7) is 3.33. The van der Waals surface area contributed by atoms with Gasteiger partial charge in [0.2, 0.25) is 12.5 Å². The summed E-state index contributed by atoms with van der Waals surface area (Å²) in [6.07, 6.45) is 6.23. The molecule has 5 nitrogen and oxygen atoms in total. The SMILES string of the molecule is COc1ccc2c(CCCc3ccc(C)cc3)c3[n+](cc2c1OC)CCc1cc2c(cc1-3)OCO2. The molecule has 0 N–H and O–H groups in total. The first kappa shape index (κ1) is 21.8. The van der Waals surface area contributed by atoms with E-state index in [9.17, 15) is 0 Å². The minimum atomic E-state index is 0.288. The van der Waals surface area contributed by atoms with Gasteiger partial charge < -0.3 is 18.9 Å². The van der Waals surface area contributed by atoms with Gasteiger partial charge in [-0.25, -0.2) is 0 Å². The van der Waals surface area contributed by atoms with Crippen LogP contribution in [0.4, 0.5) is 0 Å². The Hall–Kier alpha value is -3.73. The van der Waals surface area contributed by atoms with Crippen molar-refractivity contribution in [3.05, 3.63) is 77.0 Å². The number of benzene rings is 3. The first-order valence-corrected chi connectivity index (χ1v) is 12.2. The summed E-state index contributed by atoms with van der Waals surface area (Å²) in [5.74, 6) is 3.22. The van der Waals surface area contributed by atoms with Crippen molar-refractivity contribution in [1.82, 2.24) is 0 Å². The maximum atomic E-state index is 5.84. The van der Waals surface area contributed by atoms with E-state index in [4.69, 9.17) is 18.9 Å². The number of fused-ring (bicyclic) bond motifs is 5. The molecule has 5 heteroatoms. The molecule has 3 heterocycles. The second kappa shape index (κ2) is 8.81. The van der Waals surface area contributed by atoms with Gasteiger partial charge in [0.05, 0.1) is 25.2 Å². The summed E-state index contributed by atoms with van der Waals surface area (Å²) in [5, 5.41) is 2.30. The van der Waals surface area contributed by atoms with Gasteiger partial charge >= 0.3 is 0 Å². The monoisotopic (exact) mass is 468 g/mol. The van der Waals surface area contributed by atoms with Gasteiger partial charge in [-0.2, -0.15) is 4.57 Å². The van der Waals surface area contributed by atoms with Crippen LogP contribution in [0.1, 0.15) is 28.7 Å². The zero-order chi connectivity index (χ0) is 23.9. The zero-order valence-electron chi connectivity index (χ0n) is 20.5. The molecule has 0 spiro atoms. The summed E-state index contributed by atoms with van der Waals surface area (Å²) in [4.78, 5) is 0. The summed E-state index contributed by atoms with van der Waals surface area (Å²) >= 11 is 0. The molecule has 0 atom stereocenters. The Morgan fingerprint density at radius 2 is 1.69 bits per heavy atom. The molecule has 1 aromatic heterocycles. The molecule has 178 valence electrons. The Labute approximate surface area is 205 Å². The zero-order valence-corrected chi connectivity index (χ0v) is 20.5. The highest BCUT2D eigenvalue weighted by atomic mass is 16.7. The summed E-state index contributed by atoms with van der Waals surface area (Å²) in [6, 6.07) is 17.4. The van der Waals surface area contributed by atoms with Gasteiger partial charge in [0, 0.05) is 17.4 Å². The average Bonchev–Trinajstić information content (AvgIpc) is 3.34. The van der Waals surface area contributed by atoms with Gasteiger partial charge in [-0.15, -0.1) is 0 Å².